The molecule has 3 aromatic rings. The number of hydrogen-bond donors (Lipinski definition) is 1. The van der Waals surface area contributed by atoms with Crippen molar-refractivity contribution in [3.63, 3.8) is 0 Å². The summed E-state index contributed by atoms with van der Waals surface area (Å²) in [4.78, 5) is 32.2. The van der Waals surface area contributed by atoms with Crippen molar-refractivity contribution in [3.05, 3.63) is 77.9 Å². The fourth-order valence-electron chi connectivity index (χ4n) is 2.67. The van der Waals surface area contributed by atoms with Crippen LogP contribution in [0.15, 0.2) is 66.2 Å². The van der Waals surface area contributed by atoms with E-state index in [4.69, 9.17) is 14.2 Å². The van der Waals surface area contributed by atoms with E-state index in [0.29, 0.717) is 29.2 Å². The zero-order valence-electron chi connectivity index (χ0n) is 18.4. The molecule has 0 radical (unpaired) electrons. The van der Waals surface area contributed by atoms with Gasteiger partial charge in [0.05, 0.1) is 31.7 Å². The third kappa shape index (κ3) is 6.86. The van der Waals surface area contributed by atoms with Gasteiger partial charge in [-0.1, -0.05) is 13.3 Å². The Kier molecular flexibility index (Phi) is 8.47. The number of amides is 1. The molecule has 2 aromatic carbocycles. The Balaban J connectivity index is 1.61. The highest BCUT2D eigenvalue weighted by Gasteiger charge is 2.13. The van der Waals surface area contributed by atoms with E-state index in [1.165, 1.54) is 31.9 Å². The lowest BCUT2D eigenvalue weighted by Crippen LogP contribution is -2.19. The summed E-state index contributed by atoms with van der Waals surface area (Å²) in [5, 5.41) is 3.90. The van der Waals surface area contributed by atoms with Crippen LogP contribution in [0.1, 0.15) is 46.2 Å². The number of methoxy groups -OCH3 is 1. The molecule has 170 valence electrons. The van der Waals surface area contributed by atoms with Crippen molar-refractivity contribution in [2.45, 2.75) is 19.8 Å². The lowest BCUT2D eigenvalue weighted by Gasteiger charge is -2.10. The number of rotatable bonds is 10. The molecular formula is C24H24N4O5. The molecule has 0 atom stereocenters. The highest BCUT2D eigenvalue weighted by Crippen LogP contribution is 2.28. The fraction of sp³-hybridized carbons (Fsp3) is 0.208. The van der Waals surface area contributed by atoms with Gasteiger partial charge < -0.3 is 14.2 Å². The van der Waals surface area contributed by atoms with Crippen molar-refractivity contribution in [1.29, 1.82) is 0 Å². The van der Waals surface area contributed by atoms with Gasteiger partial charge in [-0.3, -0.25) is 9.78 Å². The van der Waals surface area contributed by atoms with Gasteiger partial charge in [-0.05, 0) is 54.4 Å². The van der Waals surface area contributed by atoms with Crippen LogP contribution < -0.4 is 19.6 Å². The van der Waals surface area contributed by atoms with E-state index in [0.717, 1.165) is 12.8 Å². The first-order valence-electron chi connectivity index (χ1n) is 10.3. The number of hydrogen-bond acceptors (Lipinski definition) is 8. The molecule has 0 fully saturated rings. The molecular weight excluding hydrogens is 424 g/mol. The molecule has 1 heterocycles. The van der Waals surface area contributed by atoms with E-state index in [2.05, 4.69) is 27.4 Å². The maximum atomic E-state index is 12.5. The van der Waals surface area contributed by atoms with Gasteiger partial charge in [0, 0.05) is 12.4 Å². The smallest absolute Gasteiger partial charge is 0.343 e. The first kappa shape index (κ1) is 23.4. The summed E-state index contributed by atoms with van der Waals surface area (Å²) >= 11 is 0. The number of benzene rings is 2. The van der Waals surface area contributed by atoms with E-state index in [1.54, 1.807) is 42.5 Å². The monoisotopic (exact) mass is 448 g/mol. The van der Waals surface area contributed by atoms with E-state index in [1.807, 2.05) is 0 Å². The maximum Gasteiger partial charge on any atom is 0.343 e. The van der Waals surface area contributed by atoms with Crippen molar-refractivity contribution in [3.8, 4) is 17.2 Å². The van der Waals surface area contributed by atoms with Crippen molar-refractivity contribution in [2.75, 3.05) is 13.7 Å². The number of nitrogens with one attached hydrogen (secondary N) is 1. The second-order valence-electron chi connectivity index (χ2n) is 6.82. The number of carbonyl (C=O) groups excluding carboxylic acids is 2. The van der Waals surface area contributed by atoms with Crippen LogP contribution in [-0.4, -0.2) is 41.8 Å². The summed E-state index contributed by atoms with van der Waals surface area (Å²) in [7, 11) is 1.46. The first-order chi connectivity index (χ1) is 16.1. The number of esters is 1. The Bertz CT molecular complexity index is 1100. The maximum absolute atomic E-state index is 12.5. The standard InChI is InChI=1S/C24H24N4O5/c1-3-4-13-32-19-8-6-18(7-9-19)24(30)33-21-10-5-17(14-22(21)31-2)15-27-28-23(29)20-16-25-11-12-26-20/h5-12,14-16H,3-4,13H2,1-2H3,(H,28,29). The summed E-state index contributed by atoms with van der Waals surface area (Å²) in [6.45, 7) is 2.73. The Morgan fingerprint density at radius 2 is 1.91 bits per heavy atom. The summed E-state index contributed by atoms with van der Waals surface area (Å²) < 4.78 is 16.4. The van der Waals surface area contributed by atoms with Crippen molar-refractivity contribution in [1.82, 2.24) is 15.4 Å². The molecule has 1 amide bonds. The number of carbonyl (C=O) groups is 2. The molecule has 1 aromatic heterocycles. The molecule has 3 rings (SSSR count). The Hall–Kier alpha value is -4.27. The lowest BCUT2D eigenvalue weighted by atomic mass is 10.2. The SMILES string of the molecule is CCCCOc1ccc(C(=O)Oc2ccc(C=NNC(=O)c3cnccn3)cc2OC)cc1. The summed E-state index contributed by atoms with van der Waals surface area (Å²) in [6.07, 6.45) is 7.68. The van der Waals surface area contributed by atoms with Crippen LogP contribution in [0.25, 0.3) is 0 Å². The molecule has 0 unspecified atom stereocenters. The van der Waals surface area contributed by atoms with Crippen LogP contribution in [0.2, 0.25) is 0 Å². The van der Waals surface area contributed by atoms with Gasteiger partial charge in [0.2, 0.25) is 0 Å². The predicted molar refractivity (Wildman–Crippen MR) is 122 cm³/mol. The van der Waals surface area contributed by atoms with Crippen molar-refractivity contribution in [2.24, 2.45) is 5.10 Å². The predicted octanol–water partition coefficient (Wildman–Crippen LogP) is 3.65. The number of aromatic nitrogens is 2. The second kappa shape index (κ2) is 11.9. The van der Waals surface area contributed by atoms with Crippen LogP contribution in [0.3, 0.4) is 0 Å². The topological polar surface area (TPSA) is 112 Å². The van der Waals surface area contributed by atoms with E-state index >= 15 is 0 Å². The Labute approximate surface area is 191 Å². The molecule has 0 bridgehead atoms. The van der Waals surface area contributed by atoms with Crippen LogP contribution >= 0.6 is 0 Å². The van der Waals surface area contributed by atoms with Gasteiger partial charge in [0.15, 0.2) is 11.5 Å². The second-order valence-corrected chi connectivity index (χ2v) is 6.82. The minimum atomic E-state index is -0.522. The molecule has 0 saturated carbocycles. The molecule has 33 heavy (non-hydrogen) atoms. The third-order valence-corrected chi connectivity index (χ3v) is 4.42. The van der Waals surface area contributed by atoms with E-state index in [-0.39, 0.29) is 11.4 Å². The van der Waals surface area contributed by atoms with Crippen LogP contribution in [-0.2, 0) is 0 Å². The number of nitrogens with zero attached hydrogens (tertiary/aromatic N) is 3. The third-order valence-electron chi connectivity index (χ3n) is 4.42. The Morgan fingerprint density at radius 1 is 1.09 bits per heavy atom. The van der Waals surface area contributed by atoms with Gasteiger partial charge in [-0.15, -0.1) is 0 Å². The van der Waals surface area contributed by atoms with Crippen molar-refractivity contribution >= 4 is 18.1 Å². The normalized spacial score (nSPS) is 10.6. The van der Waals surface area contributed by atoms with Crippen molar-refractivity contribution < 1.29 is 23.8 Å². The van der Waals surface area contributed by atoms with Crippen LogP contribution in [0, 0.1) is 0 Å². The average molecular weight is 448 g/mol. The minimum absolute atomic E-state index is 0.148. The quantitative estimate of drug-likeness (QED) is 0.166. The van der Waals surface area contributed by atoms with E-state index in [9.17, 15) is 9.59 Å². The zero-order valence-corrected chi connectivity index (χ0v) is 18.4. The Morgan fingerprint density at radius 3 is 2.61 bits per heavy atom. The van der Waals surface area contributed by atoms with Gasteiger partial charge in [0.1, 0.15) is 11.4 Å². The molecule has 0 aliphatic carbocycles. The molecule has 1 N–H and O–H groups in total. The molecule has 9 heteroatoms. The van der Waals surface area contributed by atoms with E-state index < -0.39 is 11.9 Å². The summed E-state index contributed by atoms with van der Waals surface area (Å²) in [5.74, 6) is 0.288. The molecule has 0 aliphatic heterocycles. The molecule has 0 aliphatic rings. The number of hydrazone groups is 1. The largest absolute Gasteiger partial charge is 0.494 e. The highest BCUT2D eigenvalue weighted by atomic mass is 16.6. The number of unbranched alkanes of at least 4 members (excludes halogenated alkanes) is 1. The molecule has 9 nitrogen and oxygen atoms in total. The van der Waals surface area contributed by atoms with Gasteiger partial charge in [-0.25, -0.2) is 15.2 Å². The van der Waals surface area contributed by atoms with Crippen LogP contribution in [0.5, 0.6) is 17.2 Å². The van der Waals surface area contributed by atoms with Crippen LogP contribution in [0.4, 0.5) is 0 Å². The molecule has 0 saturated heterocycles. The summed E-state index contributed by atoms with van der Waals surface area (Å²) in [5.41, 5.74) is 3.52. The average Bonchev–Trinajstić information content (AvgIpc) is 2.85. The fourth-order valence-corrected chi connectivity index (χ4v) is 2.67. The first-order valence-corrected chi connectivity index (χ1v) is 10.3. The van der Waals surface area contributed by atoms with Gasteiger partial charge in [-0.2, -0.15) is 5.10 Å². The van der Waals surface area contributed by atoms with Gasteiger partial charge in [0.25, 0.3) is 5.91 Å². The highest BCUT2D eigenvalue weighted by molar-refractivity contribution is 5.93. The zero-order chi connectivity index (χ0) is 23.5. The van der Waals surface area contributed by atoms with Gasteiger partial charge >= 0.3 is 5.97 Å². The minimum Gasteiger partial charge on any atom is -0.494 e. The lowest BCUT2D eigenvalue weighted by molar-refractivity contribution is 0.0729. The molecule has 0 spiro atoms. The summed E-state index contributed by atoms with van der Waals surface area (Å²) in [6, 6.07) is 11.7. The number of ether oxygens (including phenoxy) is 3.